The SMILES string of the molecule is CC/C=C\C/C=C\C/C=C\CCCCCCCC(=O)OCC(COC(OCC[N+](C)(C)C)C(=O)O)OC(=O)CCCCCCCCCCCCCCCCCCCCCCCC/C=C\C/C=C\C/C=C\CCCCCCC. The molecular weight excluding hydrogens is 959 g/mol. The molecule has 9 heteroatoms. The molecule has 0 spiro atoms. The zero-order valence-corrected chi connectivity index (χ0v) is 50.9. The maximum atomic E-state index is 12.9. The Labute approximate surface area is 475 Å². The van der Waals surface area contributed by atoms with Crippen LogP contribution in [0, 0.1) is 0 Å². The second-order valence-corrected chi connectivity index (χ2v) is 22.7. The van der Waals surface area contributed by atoms with Crippen LogP contribution in [-0.4, -0.2) is 87.4 Å². The number of carbonyl (C=O) groups is 3. The van der Waals surface area contributed by atoms with Crippen molar-refractivity contribution in [1.29, 1.82) is 0 Å². The average Bonchev–Trinajstić information content (AvgIpc) is 3.40. The fourth-order valence-electron chi connectivity index (χ4n) is 9.04. The fourth-order valence-corrected chi connectivity index (χ4v) is 9.04. The lowest BCUT2D eigenvalue weighted by molar-refractivity contribution is -0.870. The summed E-state index contributed by atoms with van der Waals surface area (Å²) in [5, 5.41) is 9.70. The third-order valence-electron chi connectivity index (χ3n) is 13.9. The number of allylic oxidation sites excluding steroid dienone is 12. The summed E-state index contributed by atoms with van der Waals surface area (Å²) in [6, 6.07) is 0. The molecule has 0 amide bonds. The van der Waals surface area contributed by atoms with Crippen LogP contribution in [0.4, 0.5) is 0 Å². The summed E-state index contributed by atoms with van der Waals surface area (Å²) in [7, 11) is 5.97. The molecule has 0 aliphatic carbocycles. The molecule has 2 unspecified atom stereocenters. The molecule has 0 aliphatic heterocycles. The molecule has 0 saturated carbocycles. The first-order valence-corrected chi connectivity index (χ1v) is 32.1. The fraction of sp³-hybridized carbons (Fsp3) is 0.779. The number of esters is 2. The summed E-state index contributed by atoms with van der Waals surface area (Å²) in [4.78, 5) is 37.4. The van der Waals surface area contributed by atoms with Crippen LogP contribution >= 0.6 is 0 Å². The second-order valence-electron chi connectivity index (χ2n) is 22.7. The summed E-state index contributed by atoms with van der Waals surface area (Å²) in [5.74, 6) is -2.02. The number of rotatable bonds is 59. The maximum absolute atomic E-state index is 12.9. The van der Waals surface area contributed by atoms with E-state index >= 15 is 0 Å². The Hall–Kier alpha value is -3.27. The minimum absolute atomic E-state index is 0.184. The standard InChI is InChI=1S/C68H121NO8/c1-6-8-10-12-14-16-18-20-22-23-24-25-26-27-28-29-30-31-32-33-34-35-36-37-38-39-40-41-42-43-45-47-49-51-53-55-57-59-66(71)77-64(63-76-68(67(72)73)74-61-60-69(3,4)5)62-75-65(70)58-56-54-52-50-48-46-44-21-19-17-15-13-11-9-7-2/h9,11,15,17-18,20-21,23-24,26-27,44,64,68H,6-8,10,12-14,16,19,22,25,28-43,45-63H2,1-5H3/p+1/b11-9-,17-15-,20-18-,24-23-,27-26-,44-21-. The van der Waals surface area contributed by atoms with Crippen molar-refractivity contribution in [2.75, 3.05) is 47.5 Å². The number of likely N-dealkylation sites (N-methyl/N-ethyl adjacent to an activating group) is 1. The van der Waals surface area contributed by atoms with Crippen molar-refractivity contribution in [1.82, 2.24) is 0 Å². The van der Waals surface area contributed by atoms with Gasteiger partial charge in [-0.3, -0.25) is 9.59 Å². The number of aliphatic carboxylic acids is 1. The molecule has 0 radical (unpaired) electrons. The van der Waals surface area contributed by atoms with Crippen molar-refractivity contribution in [3.63, 3.8) is 0 Å². The van der Waals surface area contributed by atoms with E-state index in [4.69, 9.17) is 18.9 Å². The highest BCUT2D eigenvalue weighted by Crippen LogP contribution is 2.17. The van der Waals surface area contributed by atoms with Gasteiger partial charge in [-0.2, -0.15) is 0 Å². The number of carboxylic acid groups (broad SMARTS) is 1. The molecule has 0 rings (SSSR count). The van der Waals surface area contributed by atoms with Crippen molar-refractivity contribution in [2.24, 2.45) is 0 Å². The number of carboxylic acids is 1. The molecule has 0 aromatic heterocycles. The maximum Gasteiger partial charge on any atom is 0.361 e. The van der Waals surface area contributed by atoms with Crippen molar-refractivity contribution >= 4 is 17.9 Å². The molecule has 0 fully saturated rings. The van der Waals surface area contributed by atoms with E-state index < -0.39 is 24.3 Å². The molecule has 0 aliphatic rings. The van der Waals surface area contributed by atoms with E-state index in [2.05, 4.69) is 86.8 Å². The Kier molecular flexibility index (Phi) is 56.4. The number of nitrogens with zero attached hydrogens (tertiary/aromatic N) is 1. The van der Waals surface area contributed by atoms with E-state index in [0.29, 0.717) is 11.0 Å². The minimum Gasteiger partial charge on any atom is -0.477 e. The van der Waals surface area contributed by atoms with Crippen molar-refractivity contribution in [3.8, 4) is 0 Å². The zero-order valence-electron chi connectivity index (χ0n) is 50.9. The van der Waals surface area contributed by atoms with Gasteiger partial charge >= 0.3 is 17.9 Å². The first-order valence-electron chi connectivity index (χ1n) is 32.1. The number of hydrogen-bond donors (Lipinski definition) is 1. The van der Waals surface area contributed by atoms with Crippen LogP contribution in [0.1, 0.15) is 284 Å². The van der Waals surface area contributed by atoms with E-state index in [1.54, 1.807) is 0 Å². The van der Waals surface area contributed by atoms with Gasteiger partial charge in [0, 0.05) is 12.8 Å². The predicted molar refractivity (Wildman–Crippen MR) is 327 cm³/mol. The smallest absolute Gasteiger partial charge is 0.361 e. The highest BCUT2D eigenvalue weighted by Gasteiger charge is 2.25. The van der Waals surface area contributed by atoms with Gasteiger partial charge in [0.15, 0.2) is 6.10 Å². The normalized spacial score (nSPS) is 13.2. The summed E-state index contributed by atoms with van der Waals surface area (Å²) in [6.07, 6.45) is 74.5. The van der Waals surface area contributed by atoms with Crippen LogP contribution in [0.5, 0.6) is 0 Å². The highest BCUT2D eigenvalue weighted by atomic mass is 16.7. The van der Waals surface area contributed by atoms with Gasteiger partial charge in [-0.15, -0.1) is 0 Å². The van der Waals surface area contributed by atoms with Gasteiger partial charge in [0.05, 0.1) is 34.4 Å². The summed E-state index contributed by atoms with van der Waals surface area (Å²) in [5.41, 5.74) is 0. The van der Waals surface area contributed by atoms with E-state index in [1.165, 1.54) is 167 Å². The topological polar surface area (TPSA) is 108 Å². The van der Waals surface area contributed by atoms with Gasteiger partial charge in [-0.1, -0.05) is 260 Å². The largest absolute Gasteiger partial charge is 0.477 e. The van der Waals surface area contributed by atoms with Gasteiger partial charge in [0.1, 0.15) is 13.2 Å². The Morgan fingerprint density at radius 1 is 0.403 bits per heavy atom. The lowest BCUT2D eigenvalue weighted by atomic mass is 10.0. The number of carbonyl (C=O) groups excluding carboxylic acids is 2. The first-order chi connectivity index (χ1) is 37.6. The molecule has 77 heavy (non-hydrogen) atoms. The lowest BCUT2D eigenvalue weighted by Gasteiger charge is -2.25. The molecule has 9 nitrogen and oxygen atoms in total. The van der Waals surface area contributed by atoms with Crippen LogP contribution in [0.25, 0.3) is 0 Å². The Morgan fingerprint density at radius 2 is 0.740 bits per heavy atom. The molecule has 0 aromatic carbocycles. The number of quaternary nitrogens is 1. The van der Waals surface area contributed by atoms with Gasteiger partial charge in [-0.25, -0.2) is 4.79 Å². The molecule has 0 saturated heterocycles. The monoisotopic (exact) mass is 1080 g/mol. The Morgan fingerprint density at radius 3 is 1.10 bits per heavy atom. The molecule has 446 valence electrons. The van der Waals surface area contributed by atoms with Gasteiger partial charge in [0.2, 0.25) is 0 Å². The minimum atomic E-state index is -1.52. The number of ether oxygens (including phenoxy) is 4. The quantitative estimate of drug-likeness (QED) is 0.0211. The van der Waals surface area contributed by atoms with Crippen molar-refractivity contribution < 1.29 is 42.9 Å². The Bertz CT molecular complexity index is 1490. The van der Waals surface area contributed by atoms with Crippen LogP contribution in [0.2, 0.25) is 0 Å². The van der Waals surface area contributed by atoms with Crippen molar-refractivity contribution in [3.05, 3.63) is 72.9 Å². The van der Waals surface area contributed by atoms with Gasteiger partial charge < -0.3 is 28.5 Å². The van der Waals surface area contributed by atoms with Crippen LogP contribution < -0.4 is 0 Å². The third kappa shape index (κ3) is 60.2. The van der Waals surface area contributed by atoms with Crippen LogP contribution in [0.3, 0.4) is 0 Å². The number of unbranched alkanes of at least 4 members (excludes halogenated alkanes) is 32. The molecule has 1 N–H and O–H groups in total. The lowest BCUT2D eigenvalue weighted by Crippen LogP contribution is -2.40. The predicted octanol–water partition coefficient (Wildman–Crippen LogP) is 19.4. The van der Waals surface area contributed by atoms with Crippen LogP contribution in [-0.2, 0) is 33.3 Å². The summed E-state index contributed by atoms with van der Waals surface area (Å²) in [6.45, 7) is 4.75. The highest BCUT2D eigenvalue weighted by molar-refractivity contribution is 5.71. The van der Waals surface area contributed by atoms with Gasteiger partial charge in [-0.05, 0) is 83.5 Å². The molecular formula is C68H122NO8+. The molecule has 0 heterocycles. The van der Waals surface area contributed by atoms with Gasteiger partial charge in [0.25, 0.3) is 6.29 Å². The third-order valence-corrected chi connectivity index (χ3v) is 13.9. The average molecular weight is 1080 g/mol. The molecule has 2 atom stereocenters. The summed E-state index contributed by atoms with van der Waals surface area (Å²) < 4.78 is 22.9. The Balaban J connectivity index is 4.02. The van der Waals surface area contributed by atoms with E-state index in [-0.39, 0.29) is 38.6 Å². The zero-order chi connectivity index (χ0) is 56.2. The summed E-state index contributed by atoms with van der Waals surface area (Å²) >= 11 is 0. The second kappa shape index (κ2) is 58.9. The van der Waals surface area contributed by atoms with Crippen LogP contribution in [0.15, 0.2) is 72.9 Å². The molecule has 0 bridgehead atoms. The first kappa shape index (κ1) is 73.7. The number of hydrogen-bond acceptors (Lipinski definition) is 7. The van der Waals surface area contributed by atoms with E-state index in [9.17, 15) is 19.5 Å². The van der Waals surface area contributed by atoms with E-state index in [1.807, 2.05) is 21.1 Å². The van der Waals surface area contributed by atoms with Crippen molar-refractivity contribution in [2.45, 2.75) is 296 Å². The van der Waals surface area contributed by atoms with E-state index in [0.717, 1.165) is 89.9 Å². The molecule has 0 aromatic rings.